The van der Waals surface area contributed by atoms with Gasteiger partial charge in [-0.15, -0.1) is 0 Å². The largest absolute Gasteiger partial charge is 0.487 e. The van der Waals surface area contributed by atoms with E-state index in [-0.39, 0.29) is 6.61 Å². The zero-order valence-corrected chi connectivity index (χ0v) is 23.8. The maximum Gasteiger partial charge on any atom is 0.314 e. The van der Waals surface area contributed by atoms with E-state index >= 15 is 0 Å². The van der Waals surface area contributed by atoms with Gasteiger partial charge in [-0.25, -0.2) is 17.6 Å². The van der Waals surface area contributed by atoms with Crippen LogP contribution in [0.5, 0.6) is 11.5 Å². The number of hydrogen-bond donors (Lipinski definition) is 0. The molecule has 42 heavy (non-hydrogen) atoms. The Labute approximate surface area is 240 Å². The van der Waals surface area contributed by atoms with Gasteiger partial charge in [0.05, 0.1) is 23.7 Å². The van der Waals surface area contributed by atoms with E-state index < -0.39 is 81.1 Å². The molecule has 2 aromatic carbocycles. The monoisotopic (exact) mass is 608 g/mol. The highest BCUT2D eigenvalue weighted by Gasteiger charge is 2.37. The molecule has 3 rings (SSSR count). The molecule has 0 heterocycles. The highest BCUT2D eigenvalue weighted by atomic mass is 19.2. The number of benzene rings is 2. The number of esters is 1. The first-order valence-corrected chi connectivity index (χ1v) is 14.6. The Hall–Kier alpha value is -2.85. The van der Waals surface area contributed by atoms with Gasteiger partial charge in [-0.3, -0.25) is 4.79 Å². The maximum atomic E-state index is 15.0. The van der Waals surface area contributed by atoms with Crippen molar-refractivity contribution in [3.63, 3.8) is 0 Å². The van der Waals surface area contributed by atoms with Crippen LogP contribution in [0.2, 0.25) is 0 Å². The highest BCUT2D eigenvalue weighted by molar-refractivity contribution is 5.76. The molecule has 0 atom stereocenters. The topological polar surface area (TPSA) is 35.5 Å². The normalized spacial score (nSPS) is 17.0. The molecule has 11 heteroatoms. The Balaban J connectivity index is 1.83. The molecular weight excluding hydrogens is 572 g/mol. The lowest BCUT2D eigenvalue weighted by molar-refractivity contribution is -0.140. The molecule has 0 radical (unpaired) electrons. The van der Waals surface area contributed by atoms with Gasteiger partial charge in [-0.05, 0) is 38.0 Å². The second-order valence-corrected chi connectivity index (χ2v) is 10.8. The Morgan fingerprint density at radius 1 is 0.595 bits per heavy atom. The van der Waals surface area contributed by atoms with Crippen molar-refractivity contribution in [2.24, 2.45) is 11.8 Å². The molecule has 0 bridgehead atoms. The van der Waals surface area contributed by atoms with E-state index in [1.165, 1.54) is 0 Å². The Kier molecular flexibility index (Phi) is 12.5. The third kappa shape index (κ3) is 7.56. The molecule has 2 aromatic rings. The average Bonchev–Trinajstić information content (AvgIpc) is 2.99. The summed E-state index contributed by atoms with van der Waals surface area (Å²) >= 11 is 0. The van der Waals surface area contributed by atoms with Gasteiger partial charge in [0.1, 0.15) is 0 Å². The fourth-order valence-corrected chi connectivity index (χ4v) is 5.30. The van der Waals surface area contributed by atoms with Crippen molar-refractivity contribution in [2.75, 3.05) is 6.61 Å². The van der Waals surface area contributed by atoms with Gasteiger partial charge in [0, 0.05) is 0 Å². The van der Waals surface area contributed by atoms with Crippen LogP contribution >= 0.6 is 0 Å². The molecule has 0 aliphatic heterocycles. The van der Waals surface area contributed by atoms with Gasteiger partial charge in [0.15, 0.2) is 29.0 Å². The fourth-order valence-electron chi connectivity index (χ4n) is 5.30. The van der Waals surface area contributed by atoms with Crippen LogP contribution in [0, 0.1) is 58.4 Å². The number of carbonyl (C=O) groups excluding carboxylic acids is 1. The lowest BCUT2D eigenvalue weighted by Crippen LogP contribution is -2.26. The standard InChI is InChI=1S/C31H36F8O3/c1-3-5-7-8-9-10-16-41-29-25(36)21(32)19(22(33)26(29)37)20-23(34)27(38)30(28(39)24(20)35)42-31(40)18-14-12-17(13-15-18)11-6-4-2/h17-18H,3-16H2,1-2H3/t17-,18-. The number of unbranched alkanes of at least 4 members (excludes halogenated alkanes) is 6. The van der Waals surface area contributed by atoms with Crippen LogP contribution in [0.4, 0.5) is 35.1 Å². The van der Waals surface area contributed by atoms with Crippen LogP contribution in [0.1, 0.15) is 97.3 Å². The summed E-state index contributed by atoms with van der Waals surface area (Å²) in [4.78, 5) is 12.5. The third-order valence-corrected chi connectivity index (χ3v) is 7.79. The van der Waals surface area contributed by atoms with Gasteiger partial charge in [0.25, 0.3) is 0 Å². The van der Waals surface area contributed by atoms with E-state index in [1.807, 2.05) is 13.8 Å². The molecule has 1 aliphatic carbocycles. The van der Waals surface area contributed by atoms with Crippen LogP contribution in [0.3, 0.4) is 0 Å². The first-order chi connectivity index (χ1) is 20.0. The molecule has 234 valence electrons. The molecule has 0 unspecified atom stereocenters. The first kappa shape index (κ1) is 33.6. The van der Waals surface area contributed by atoms with E-state index in [4.69, 9.17) is 4.74 Å². The van der Waals surface area contributed by atoms with E-state index in [1.54, 1.807) is 0 Å². The minimum absolute atomic E-state index is 0.301. The molecule has 0 aromatic heterocycles. The molecule has 3 nitrogen and oxygen atoms in total. The highest BCUT2D eigenvalue weighted by Crippen LogP contribution is 2.42. The minimum Gasteiger partial charge on any atom is -0.487 e. The average molecular weight is 609 g/mol. The summed E-state index contributed by atoms with van der Waals surface area (Å²) in [7, 11) is 0. The summed E-state index contributed by atoms with van der Waals surface area (Å²) in [6.45, 7) is 3.77. The molecule has 0 saturated heterocycles. The second-order valence-electron chi connectivity index (χ2n) is 10.8. The van der Waals surface area contributed by atoms with Gasteiger partial charge in [-0.2, -0.15) is 17.6 Å². The molecule has 0 amide bonds. The molecule has 1 fully saturated rings. The number of halogens is 8. The van der Waals surface area contributed by atoms with Crippen molar-refractivity contribution in [2.45, 2.75) is 97.3 Å². The smallest absolute Gasteiger partial charge is 0.314 e. The van der Waals surface area contributed by atoms with Gasteiger partial charge in [-0.1, -0.05) is 65.2 Å². The summed E-state index contributed by atoms with van der Waals surface area (Å²) in [5, 5.41) is 0. The van der Waals surface area contributed by atoms with Crippen molar-refractivity contribution >= 4 is 5.97 Å². The van der Waals surface area contributed by atoms with Crippen molar-refractivity contribution in [3.05, 3.63) is 46.5 Å². The molecule has 1 saturated carbocycles. The van der Waals surface area contributed by atoms with Crippen LogP contribution in [0.25, 0.3) is 11.1 Å². The Morgan fingerprint density at radius 3 is 1.55 bits per heavy atom. The summed E-state index contributed by atoms with van der Waals surface area (Å²) in [5.41, 5.74) is -4.04. The fraction of sp³-hybridized carbons (Fsp3) is 0.581. The molecular formula is C31H36F8O3. The Bertz CT molecular complexity index is 1180. The summed E-state index contributed by atoms with van der Waals surface area (Å²) in [6.07, 6.45) is 9.71. The molecule has 1 aliphatic rings. The van der Waals surface area contributed by atoms with Crippen LogP contribution in [-0.4, -0.2) is 12.6 Å². The molecule has 0 N–H and O–H groups in total. The van der Waals surface area contributed by atoms with Crippen LogP contribution in [0.15, 0.2) is 0 Å². The van der Waals surface area contributed by atoms with E-state index in [0.29, 0.717) is 44.4 Å². The number of rotatable bonds is 14. The Morgan fingerprint density at radius 2 is 1.05 bits per heavy atom. The summed E-state index contributed by atoms with van der Waals surface area (Å²) < 4.78 is 128. The first-order valence-electron chi connectivity index (χ1n) is 14.6. The van der Waals surface area contributed by atoms with Gasteiger partial charge in [0.2, 0.25) is 29.0 Å². The lowest BCUT2D eigenvalue weighted by Gasteiger charge is -2.27. The number of hydrogen-bond acceptors (Lipinski definition) is 3. The van der Waals surface area contributed by atoms with Crippen LogP contribution < -0.4 is 9.47 Å². The van der Waals surface area contributed by atoms with Gasteiger partial charge < -0.3 is 9.47 Å². The van der Waals surface area contributed by atoms with Crippen molar-refractivity contribution in [1.29, 1.82) is 0 Å². The van der Waals surface area contributed by atoms with Crippen molar-refractivity contribution in [3.8, 4) is 22.6 Å². The zero-order chi connectivity index (χ0) is 31.0. The zero-order valence-electron chi connectivity index (χ0n) is 23.8. The quantitative estimate of drug-likeness (QED) is 0.0704. The third-order valence-electron chi connectivity index (χ3n) is 7.79. The minimum atomic E-state index is -2.39. The number of ether oxygens (including phenoxy) is 2. The van der Waals surface area contributed by atoms with Gasteiger partial charge >= 0.3 is 5.97 Å². The maximum absolute atomic E-state index is 15.0. The lowest BCUT2D eigenvalue weighted by atomic mass is 9.80. The van der Waals surface area contributed by atoms with Crippen LogP contribution in [-0.2, 0) is 4.79 Å². The summed E-state index contributed by atoms with van der Waals surface area (Å²) in [5.74, 6) is -22.9. The second kappa shape index (κ2) is 15.6. The van der Waals surface area contributed by atoms with E-state index in [9.17, 15) is 39.9 Å². The SMILES string of the molecule is CCCCCCCCOc1c(F)c(F)c(-c2c(F)c(F)c(OC(=O)[C@H]3CC[C@H](CCCC)CC3)c(F)c2F)c(F)c1F. The van der Waals surface area contributed by atoms with Crippen molar-refractivity contribution in [1.82, 2.24) is 0 Å². The summed E-state index contributed by atoms with van der Waals surface area (Å²) in [6, 6.07) is 0. The number of carbonyl (C=O) groups is 1. The predicted molar refractivity (Wildman–Crippen MR) is 141 cm³/mol. The van der Waals surface area contributed by atoms with Crippen molar-refractivity contribution < 1.29 is 49.4 Å². The van der Waals surface area contributed by atoms with E-state index in [0.717, 1.165) is 44.9 Å². The predicted octanol–water partition coefficient (Wildman–Crippen LogP) is 10.1. The van der Waals surface area contributed by atoms with E-state index in [2.05, 4.69) is 4.74 Å². The molecule has 0 spiro atoms.